The lowest BCUT2D eigenvalue weighted by Crippen LogP contribution is -2.49. The molecule has 1 aliphatic heterocycles. The first-order chi connectivity index (χ1) is 14.7. The van der Waals surface area contributed by atoms with Gasteiger partial charge in [0.25, 0.3) is 11.4 Å². The van der Waals surface area contributed by atoms with Crippen LogP contribution in [0.1, 0.15) is 13.2 Å². The van der Waals surface area contributed by atoms with Crippen LogP contribution in [0.15, 0.2) is 34.0 Å². The number of aliphatic hydroxyl groups is 1. The number of ether oxygens (including phenoxy) is 1. The van der Waals surface area contributed by atoms with Crippen LogP contribution in [0.25, 0.3) is 0 Å². The molecule has 0 spiro atoms. The lowest BCUT2D eigenvalue weighted by atomic mass is 9.88. The summed E-state index contributed by atoms with van der Waals surface area (Å²) in [6.45, 7) is 2.33. The van der Waals surface area contributed by atoms with Crippen LogP contribution in [0, 0.1) is 0 Å². The summed E-state index contributed by atoms with van der Waals surface area (Å²) in [5, 5.41) is 10.2. The zero-order chi connectivity index (χ0) is 25.6. The molecule has 6 N–H and O–H groups in total. The maximum Gasteiger partial charge on any atom is 0.490 e. The average molecular weight is 544 g/mol. The molecule has 2 unspecified atom stereocenters. The first-order valence-corrected chi connectivity index (χ1v) is 12.7. The van der Waals surface area contributed by atoms with Gasteiger partial charge in [0, 0.05) is 12.3 Å². The zero-order valence-electron chi connectivity index (χ0n) is 16.2. The average Bonchev–Trinajstić information content (AvgIpc) is 2.80. The number of hydrogen-bond acceptors (Lipinski definition) is 10. The van der Waals surface area contributed by atoms with Gasteiger partial charge in [0.15, 0.2) is 12.3 Å². The lowest BCUT2D eigenvalue weighted by molar-refractivity contribution is -0.204. The van der Waals surface area contributed by atoms with Crippen molar-refractivity contribution in [3.05, 3.63) is 45.3 Å². The van der Waals surface area contributed by atoms with E-state index in [2.05, 4.69) is 19.7 Å². The fraction of sp³-hybridized carbons (Fsp3) is 0.500. The van der Waals surface area contributed by atoms with E-state index in [1.807, 2.05) is 0 Å². The molecule has 1 aromatic rings. The van der Waals surface area contributed by atoms with Gasteiger partial charge in [-0.05, 0) is 12.5 Å². The van der Waals surface area contributed by atoms with E-state index in [0.717, 1.165) is 13.0 Å². The Kier molecular flexibility index (Phi) is 7.60. The van der Waals surface area contributed by atoms with Gasteiger partial charge < -0.3 is 29.4 Å². The second-order valence-corrected chi connectivity index (χ2v) is 11.0. The highest BCUT2D eigenvalue weighted by atomic mass is 31.3. The summed E-state index contributed by atoms with van der Waals surface area (Å²) < 4.78 is 80.7. The maximum atomic E-state index is 15.7. The second kappa shape index (κ2) is 9.00. The van der Waals surface area contributed by atoms with Gasteiger partial charge in [-0.1, -0.05) is 6.58 Å². The standard InChI is InChI=1S/C12H17F2N2O14P3/c1-6(2)12(14)8(18)11(13,28-9(12)16-4-3-7(17)15-10(16)19)5-27-32(23,24)30-33(25,26)29-31(20,21)22/h3-4,8-9,18H,1,5H2,2H3,(H,23,24)(H,25,26)(H,15,17,19)(H2,20,21,22)/t8-,9-,11-,12-/m1/s1. The summed E-state index contributed by atoms with van der Waals surface area (Å²) in [5.74, 6) is -3.74. The molecule has 0 aliphatic carbocycles. The van der Waals surface area contributed by atoms with Gasteiger partial charge in [0.2, 0.25) is 5.67 Å². The second-order valence-electron chi connectivity index (χ2n) is 6.59. The van der Waals surface area contributed by atoms with Crippen molar-refractivity contribution in [3.63, 3.8) is 0 Å². The van der Waals surface area contributed by atoms with E-state index in [0.29, 0.717) is 10.8 Å². The third kappa shape index (κ3) is 6.19. The van der Waals surface area contributed by atoms with E-state index in [1.165, 1.54) is 0 Å². The number of nitrogens with zero attached hydrogens (tertiary/aromatic N) is 1. The Morgan fingerprint density at radius 3 is 2.27 bits per heavy atom. The number of alkyl halides is 2. The molecule has 1 fully saturated rings. The van der Waals surface area contributed by atoms with Gasteiger partial charge in [-0.15, -0.1) is 0 Å². The van der Waals surface area contributed by atoms with Crippen LogP contribution in [-0.2, 0) is 31.6 Å². The number of aromatic nitrogens is 2. The number of rotatable bonds is 9. The van der Waals surface area contributed by atoms with Gasteiger partial charge in [0.05, 0.1) is 0 Å². The highest BCUT2D eigenvalue weighted by Crippen LogP contribution is 2.66. The van der Waals surface area contributed by atoms with Crippen LogP contribution in [0.5, 0.6) is 0 Å². The molecule has 0 aromatic carbocycles. The van der Waals surface area contributed by atoms with Crippen molar-refractivity contribution in [3.8, 4) is 0 Å². The number of phosphoric acid groups is 3. The molecular weight excluding hydrogens is 527 g/mol. The normalized spacial score (nSPS) is 31.6. The minimum Gasteiger partial charge on any atom is -0.383 e. The summed E-state index contributed by atoms with van der Waals surface area (Å²) >= 11 is 0. The molecule has 33 heavy (non-hydrogen) atoms. The molecule has 2 rings (SSSR count). The number of H-pyrrole nitrogens is 1. The van der Waals surface area contributed by atoms with Crippen molar-refractivity contribution in [2.24, 2.45) is 0 Å². The summed E-state index contributed by atoms with van der Waals surface area (Å²) in [6.07, 6.45) is -4.52. The Hall–Kier alpha value is -1.39. The molecule has 21 heteroatoms. The van der Waals surface area contributed by atoms with Crippen molar-refractivity contribution in [1.29, 1.82) is 0 Å². The van der Waals surface area contributed by atoms with Crippen molar-refractivity contribution < 1.29 is 65.0 Å². The molecule has 0 bridgehead atoms. The quantitative estimate of drug-likeness (QED) is 0.173. The van der Waals surface area contributed by atoms with Crippen LogP contribution in [-0.4, -0.2) is 58.5 Å². The Balaban J connectivity index is 2.33. The van der Waals surface area contributed by atoms with Gasteiger partial charge in [-0.3, -0.25) is 18.9 Å². The summed E-state index contributed by atoms with van der Waals surface area (Å²) in [7, 11) is -17.5. The molecule has 1 aromatic heterocycles. The topological polar surface area (TPSA) is 244 Å². The van der Waals surface area contributed by atoms with Crippen molar-refractivity contribution in [2.45, 2.75) is 30.8 Å². The van der Waals surface area contributed by atoms with Crippen molar-refractivity contribution >= 4 is 23.5 Å². The number of nitrogens with one attached hydrogen (secondary N) is 1. The van der Waals surface area contributed by atoms with Crippen molar-refractivity contribution in [1.82, 2.24) is 9.55 Å². The number of aromatic amines is 1. The predicted octanol–water partition coefficient (Wildman–Crippen LogP) is -0.280. The van der Waals surface area contributed by atoms with E-state index in [9.17, 15) is 33.3 Å². The van der Waals surface area contributed by atoms with Crippen molar-refractivity contribution in [2.75, 3.05) is 6.61 Å². The Morgan fingerprint density at radius 1 is 1.21 bits per heavy atom. The maximum absolute atomic E-state index is 15.7. The number of halogens is 2. The molecule has 1 saturated heterocycles. The van der Waals surface area contributed by atoms with E-state index < -0.39 is 70.8 Å². The third-order valence-electron chi connectivity index (χ3n) is 4.07. The Morgan fingerprint density at radius 2 is 1.79 bits per heavy atom. The van der Waals surface area contributed by atoms with Gasteiger partial charge >= 0.3 is 29.2 Å². The molecule has 0 radical (unpaired) electrons. The molecule has 6 atom stereocenters. The number of phosphoric ester groups is 1. The van der Waals surface area contributed by atoms with Gasteiger partial charge in [-0.25, -0.2) is 27.3 Å². The minimum atomic E-state index is -5.94. The van der Waals surface area contributed by atoms with Crippen LogP contribution in [0.4, 0.5) is 8.78 Å². The molecule has 16 nitrogen and oxygen atoms in total. The number of aliphatic hydroxyl groups excluding tert-OH is 1. The molecule has 0 amide bonds. The molecule has 188 valence electrons. The first-order valence-electron chi connectivity index (χ1n) is 8.22. The van der Waals surface area contributed by atoms with E-state index >= 15 is 8.78 Å². The molecule has 1 aliphatic rings. The van der Waals surface area contributed by atoms with Gasteiger partial charge in [-0.2, -0.15) is 8.62 Å². The van der Waals surface area contributed by atoms with Crippen LogP contribution in [0.3, 0.4) is 0 Å². The highest BCUT2D eigenvalue weighted by Gasteiger charge is 2.68. The van der Waals surface area contributed by atoms with Crippen LogP contribution >= 0.6 is 23.5 Å². The van der Waals surface area contributed by atoms with E-state index in [1.54, 1.807) is 4.98 Å². The summed E-state index contributed by atoms with van der Waals surface area (Å²) in [4.78, 5) is 60.4. The van der Waals surface area contributed by atoms with Gasteiger partial charge in [0.1, 0.15) is 6.61 Å². The SMILES string of the molecule is C=C(C)[C@]1(F)[C@H](n2ccc(=O)[nH]c2=O)O[C@](F)(COP(=O)(O)OP(=O)(O)OP(=O)(O)O)[C@H]1O. The third-order valence-corrected chi connectivity index (χ3v) is 7.85. The van der Waals surface area contributed by atoms with Crippen LogP contribution < -0.4 is 11.2 Å². The largest absolute Gasteiger partial charge is 0.490 e. The summed E-state index contributed by atoms with van der Waals surface area (Å²) in [6, 6.07) is 0.736. The smallest absolute Gasteiger partial charge is 0.383 e. The predicted molar refractivity (Wildman–Crippen MR) is 99.8 cm³/mol. The van der Waals surface area contributed by atoms with E-state index in [-0.39, 0.29) is 0 Å². The minimum absolute atomic E-state index is 0.339. The first kappa shape index (κ1) is 27.9. The molecular formula is C12H17F2N2O14P3. The van der Waals surface area contributed by atoms with Crippen LogP contribution in [0.2, 0.25) is 0 Å². The fourth-order valence-electron chi connectivity index (χ4n) is 2.69. The molecule has 2 heterocycles. The highest BCUT2D eigenvalue weighted by molar-refractivity contribution is 7.66. The number of hydrogen-bond donors (Lipinski definition) is 6. The van der Waals surface area contributed by atoms with E-state index in [4.69, 9.17) is 19.4 Å². The monoisotopic (exact) mass is 544 g/mol. The lowest BCUT2D eigenvalue weighted by Gasteiger charge is -2.29. The molecule has 0 saturated carbocycles. The summed E-state index contributed by atoms with van der Waals surface area (Å²) in [5.41, 5.74) is -6.07. The zero-order valence-corrected chi connectivity index (χ0v) is 18.9. The fourth-order valence-corrected chi connectivity index (χ4v) is 5.72. The Bertz CT molecular complexity index is 1200. The Labute approximate surface area is 181 Å².